The Morgan fingerprint density at radius 3 is 1.51 bits per heavy atom. The van der Waals surface area contributed by atoms with Gasteiger partial charge in [0.1, 0.15) is 0 Å². The third kappa shape index (κ3) is 11.2. The summed E-state index contributed by atoms with van der Waals surface area (Å²) in [6.45, 7) is 26.3. The topological polar surface area (TPSA) is 275 Å². The van der Waals surface area contributed by atoms with Crippen molar-refractivity contribution in [3.63, 3.8) is 0 Å². The fourth-order valence-corrected chi connectivity index (χ4v) is 9.65. The molecular formula is C48H70N20O4. The molecule has 4 aliphatic heterocycles. The quantitative estimate of drug-likeness (QED) is 0.137. The van der Waals surface area contributed by atoms with Gasteiger partial charge in [-0.3, -0.25) is 13.9 Å². The number of hydrogen-bond donors (Lipinski definition) is 4. The predicted molar refractivity (Wildman–Crippen MR) is 277 cm³/mol. The molecule has 10 rings (SSSR count). The van der Waals surface area contributed by atoms with E-state index in [1.165, 1.54) is 0 Å². The molecule has 6 aromatic rings. The van der Waals surface area contributed by atoms with Crippen LogP contribution in [0, 0.1) is 11.8 Å². The number of aliphatic hydroxyl groups is 1. The van der Waals surface area contributed by atoms with E-state index >= 15 is 0 Å². The van der Waals surface area contributed by atoms with Crippen molar-refractivity contribution in [3.8, 4) is 22.8 Å². The zero-order valence-electron chi connectivity index (χ0n) is 42.6. The van der Waals surface area contributed by atoms with E-state index < -0.39 is 6.10 Å². The Bertz CT molecular complexity index is 2790. The van der Waals surface area contributed by atoms with Gasteiger partial charge in [0.05, 0.1) is 50.1 Å². The first-order valence-electron chi connectivity index (χ1n) is 25.3. The van der Waals surface area contributed by atoms with Crippen molar-refractivity contribution < 1.29 is 19.4 Å². The van der Waals surface area contributed by atoms with E-state index in [0.29, 0.717) is 94.2 Å². The van der Waals surface area contributed by atoms with Gasteiger partial charge in [0.25, 0.3) is 0 Å². The molecule has 10 heterocycles. The molecule has 4 aliphatic rings. The minimum absolute atomic E-state index is 0.0235. The van der Waals surface area contributed by atoms with Crippen molar-refractivity contribution >= 4 is 63.7 Å². The number of ether oxygens (including phenoxy) is 2. The van der Waals surface area contributed by atoms with E-state index in [2.05, 4.69) is 88.6 Å². The molecule has 0 radical (unpaired) electrons. The van der Waals surface area contributed by atoms with Gasteiger partial charge in [-0.05, 0) is 32.6 Å². The summed E-state index contributed by atoms with van der Waals surface area (Å²) < 4.78 is 15.6. The summed E-state index contributed by atoms with van der Waals surface area (Å²) in [7, 11) is 0. The minimum Gasteiger partial charge on any atom is -0.393 e. The smallest absolute Gasteiger partial charge is 0.225 e. The van der Waals surface area contributed by atoms with Gasteiger partial charge in [0, 0.05) is 115 Å². The van der Waals surface area contributed by atoms with Gasteiger partial charge < -0.3 is 55.9 Å². The maximum atomic E-state index is 12.7. The first-order valence-corrected chi connectivity index (χ1v) is 25.3. The number of aromatic nitrogens is 12. The third-order valence-electron chi connectivity index (χ3n) is 13.0. The van der Waals surface area contributed by atoms with Gasteiger partial charge in [-0.2, -0.15) is 0 Å². The molecule has 4 fully saturated rings. The van der Waals surface area contributed by atoms with Crippen LogP contribution in [0.15, 0.2) is 24.8 Å². The average Bonchev–Trinajstić information content (AvgIpc) is 3.91. The number of amides is 1. The number of nitrogens with two attached hydrogens (primary N) is 2. The van der Waals surface area contributed by atoms with Crippen molar-refractivity contribution in [1.29, 1.82) is 0 Å². The van der Waals surface area contributed by atoms with Gasteiger partial charge in [0.2, 0.25) is 29.7 Å². The molecular weight excluding hydrogens is 921 g/mol. The highest BCUT2D eigenvalue weighted by atomic mass is 16.5. The molecule has 6 N–H and O–H groups in total. The Morgan fingerprint density at radius 2 is 1.10 bits per heavy atom. The summed E-state index contributed by atoms with van der Waals surface area (Å²) >= 11 is 0. The lowest BCUT2D eigenvalue weighted by Gasteiger charge is -2.40. The van der Waals surface area contributed by atoms with Crippen LogP contribution in [0.4, 0.5) is 35.4 Å². The van der Waals surface area contributed by atoms with Gasteiger partial charge in [-0.1, -0.05) is 27.7 Å². The van der Waals surface area contributed by atoms with Crippen LogP contribution in [0.3, 0.4) is 0 Å². The van der Waals surface area contributed by atoms with Crippen molar-refractivity contribution in [2.45, 2.75) is 86.2 Å². The van der Waals surface area contributed by atoms with E-state index in [9.17, 15) is 9.90 Å². The summed E-state index contributed by atoms with van der Waals surface area (Å²) in [4.78, 5) is 70.4. The van der Waals surface area contributed by atoms with Crippen LogP contribution in [-0.4, -0.2) is 185 Å². The van der Waals surface area contributed by atoms with Crippen molar-refractivity contribution in [1.82, 2.24) is 69.2 Å². The van der Waals surface area contributed by atoms with Crippen LogP contribution in [0.2, 0.25) is 0 Å². The number of fused-ring (bicyclic) bond motifs is 2. The lowest BCUT2D eigenvalue weighted by atomic mass is 10.1. The van der Waals surface area contributed by atoms with Gasteiger partial charge in [-0.25, -0.2) is 49.8 Å². The number of aliphatic hydroxyl groups excluding tert-OH is 1. The van der Waals surface area contributed by atoms with Crippen molar-refractivity contribution in [3.05, 3.63) is 24.8 Å². The fraction of sp³-hybridized carbons (Fsp3) is 0.604. The number of carbonyl (C=O) groups is 1. The molecule has 24 nitrogen and oxygen atoms in total. The Balaban J connectivity index is 0.000000180. The molecule has 0 aromatic carbocycles. The minimum atomic E-state index is -0.657. The second-order valence-corrected chi connectivity index (χ2v) is 20.0. The van der Waals surface area contributed by atoms with Crippen molar-refractivity contribution in [2.75, 3.05) is 123 Å². The summed E-state index contributed by atoms with van der Waals surface area (Å²) in [5.74, 6) is 5.65. The second kappa shape index (κ2) is 22.0. The molecule has 24 heteroatoms. The summed E-state index contributed by atoms with van der Waals surface area (Å²) in [6, 6.07) is 0.378. The normalized spacial score (nSPS) is 19.4. The molecule has 4 saturated heterocycles. The number of rotatable bonds is 12. The number of morpholine rings is 2. The number of nitrogens with one attached hydrogen (secondary N) is 1. The fourth-order valence-electron chi connectivity index (χ4n) is 9.65. The van der Waals surface area contributed by atoms with E-state index in [1.54, 1.807) is 31.7 Å². The van der Waals surface area contributed by atoms with Crippen LogP contribution in [0.5, 0.6) is 0 Å². The molecule has 72 heavy (non-hydrogen) atoms. The van der Waals surface area contributed by atoms with Gasteiger partial charge in [0.15, 0.2) is 45.6 Å². The van der Waals surface area contributed by atoms with E-state index in [4.69, 9.17) is 50.8 Å². The molecule has 3 atom stereocenters. The van der Waals surface area contributed by atoms with E-state index in [-0.39, 0.29) is 30.3 Å². The lowest BCUT2D eigenvalue weighted by molar-refractivity contribution is -0.135. The largest absolute Gasteiger partial charge is 0.393 e. The number of carbonyl (C=O) groups excluding carboxylic acids is 1. The van der Waals surface area contributed by atoms with Gasteiger partial charge >= 0.3 is 0 Å². The maximum absolute atomic E-state index is 12.7. The molecule has 0 aliphatic carbocycles. The Kier molecular flexibility index (Phi) is 15.4. The van der Waals surface area contributed by atoms with E-state index in [1.807, 2.05) is 11.8 Å². The second-order valence-electron chi connectivity index (χ2n) is 20.0. The third-order valence-corrected chi connectivity index (χ3v) is 13.0. The number of nitrogen functional groups attached to an aromatic ring is 2. The molecule has 1 amide bonds. The number of imidazole rings is 2. The molecule has 0 saturated carbocycles. The lowest BCUT2D eigenvalue weighted by Crippen LogP contribution is -2.55. The van der Waals surface area contributed by atoms with Crippen LogP contribution in [0.25, 0.3) is 45.1 Å². The standard InChI is InChI=1S/C26H38N10O3.C22H32N10O/c1-16(2)14-36-24-21(30-26(36)34-5-6-35(17(3)15-34)20(38)11-18(4)37)23(33-7-9-39-10-8-33)31-22(32-24)19-12-28-25(27)29-13-19;1-14(2)12-32-20-17(27-22(32)31-5-4-24-15(3)13-31)19(30-6-8-33-9-7-30)28-18(29-20)16-10-25-21(23)26-11-16/h12-13,16-18,37H,5-11,14-15H2,1-4H3,(H2,27,28,29);10-11,14-15,24H,4-9,12-13H2,1-3H3,(H2,23,25,26)/t17-,18-;15-/m00/s1. The van der Waals surface area contributed by atoms with Crippen LogP contribution in [0.1, 0.15) is 54.9 Å². The maximum Gasteiger partial charge on any atom is 0.225 e. The van der Waals surface area contributed by atoms with Gasteiger partial charge in [-0.15, -0.1) is 0 Å². The summed E-state index contributed by atoms with van der Waals surface area (Å²) in [5.41, 5.74) is 16.0. The predicted octanol–water partition coefficient (Wildman–Crippen LogP) is 2.32. The number of anilines is 6. The SMILES string of the molecule is CC(C)Cn1c(N2CCN(C(=O)C[C@H](C)O)[C@@H](C)C2)nc2c(N3CCOCC3)nc(-c3cnc(N)nc3)nc21.CC(C)Cn1c(N2CCN[C@@H](C)C2)nc2c(N3CCOCC3)nc(-c3cnc(N)nc3)nc21. The van der Waals surface area contributed by atoms with Crippen molar-refractivity contribution in [2.24, 2.45) is 11.8 Å². The van der Waals surface area contributed by atoms with Crippen LogP contribution < -0.4 is 36.4 Å². The molecule has 0 unspecified atom stereocenters. The highest BCUT2D eigenvalue weighted by molar-refractivity contribution is 5.89. The van der Waals surface area contributed by atoms with E-state index in [0.717, 1.165) is 97.2 Å². The number of nitrogens with zero attached hydrogens (tertiary/aromatic N) is 17. The Labute approximate surface area is 419 Å². The Morgan fingerprint density at radius 1 is 0.639 bits per heavy atom. The molecule has 386 valence electrons. The zero-order valence-corrected chi connectivity index (χ0v) is 42.6. The first-order chi connectivity index (χ1) is 34.7. The summed E-state index contributed by atoms with van der Waals surface area (Å²) in [6.07, 6.45) is 6.11. The molecule has 0 bridgehead atoms. The highest BCUT2D eigenvalue weighted by Gasteiger charge is 2.33. The Hall–Kier alpha value is -6.63. The van der Waals surface area contributed by atoms with Crippen LogP contribution >= 0.6 is 0 Å². The number of piperazine rings is 2. The average molecular weight is 991 g/mol. The zero-order chi connectivity index (χ0) is 50.6. The highest BCUT2D eigenvalue weighted by Crippen LogP contribution is 2.35. The first kappa shape index (κ1) is 50.3. The molecule has 6 aromatic heterocycles. The summed E-state index contributed by atoms with van der Waals surface area (Å²) in [5, 5.41) is 13.2. The molecule has 0 spiro atoms. The van der Waals surface area contributed by atoms with Crippen LogP contribution in [-0.2, 0) is 27.4 Å². The monoisotopic (exact) mass is 991 g/mol. The number of hydrogen-bond acceptors (Lipinski definition) is 21.